The van der Waals surface area contributed by atoms with E-state index in [9.17, 15) is 4.79 Å². The Labute approximate surface area is 167 Å². The Morgan fingerprint density at radius 1 is 1.21 bits per heavy atom. The van der Waals surface area contributed by atoms with Crippen LogP contribution < -0.4 is 10.1 Å². The zero-order valence-corrected chi connectivity index (χ0v) is 16.2. The summed E-state index contributed by atoms with van der Waals surface area (Å²) in [7, 11) is 0. The first-order chi connectivity index (χ1) is 14.1. The lowest BCUT2D eigenvalue weighted by Crippen LogP contribution is -2.35. The van der Waals surface area contributed by atoms with Crippen molar-refractivity contribution >= 4 is 5.91 Å². The monoisotopic (exact) mass is 395 g/mol. The van der Waals surface area contributed by atoms with Crippen LogP contribution in [-0.4, -0.2) is 45.3 Å². The van der Waals surface area contributed by atoms with E-state index in [1.165, 1.54) is 12.4 Å². The Kier molecular flexibility index (Phi) is 5.48. The maximum Gasteiger partial charge on any atom is 0.271 e. The minimum atomic E-state index is -0.274. The van der Waals surface area contributed by atoms with Gasteiger partial charge < -0.3 is 19.3 Å². The van der Waals surface area contributed by atoms with Gasteiger partial charge in [-0.05, 0) is 32.4 Å². The minimum Gasteiger partial charge on any atom is -0.471 e. The zero-order chi connectivity index (χ0) is 20.2. The lowest BCUT2D eigenvalue weighted by atomic mass is 10.1. The number of amides is 1. The average Bonchev–Trinajstić information content (AvgIpc) is 3.37. The van der Waals surface area contributed by atoms with Crippen LogP contribution in [0.2, 0.25) is 0 Å². The molecule has 1 aliphatic heterocycles. The van der Waals surface area contributed by atoms with Crippen molar-refractivity contribution in [3.05, 3.63) is 53.4 Å². The van der Waals surface area contributed by atoms with E-state index in [0.29, 0.717) is 30.5 Å². The second-order valence-electron chi connectivity index (χ2n) is 6.82. The molecule has 1 N–H and O–H groups in total. The third-order valence-corrected chi connectivity index (χ3v) is 4.66. The highest BCUT2D eigenvalue weighted by atomic mass is 16.5. The van der Waals surface area contributed by atoms with Gasteiger partial charge in [0.2, 0.25) is 5.88 Å². The summed E-state index contributed by atoms with van der Waals surface area (Å²) in [5.74, 6) is 0.686. The number of ether oxygens (including phenoxy) is 2. The molecule has 9 nitrogen and oxygen atoms in total. The van der Waals surface area contributed by atoms with Crippen molar-refractivity contribution in [2.24, 2.45) is 0 Å². The number of hydrogen-bond acceptors (Lipinski definition) is 8. The quantitative estimate of drug-likeness (QED) is 0.676. The molecule has 0 bridgehead atoms. The van der Waals surface area contributed by atoms with Crippen LogP contribution in [0.5, 0.6) is 5.88 Å². The fraction of sp³-hybridized carbons (Fsp3) is 0.350. The summed E-state index contributed by atoms with van der Waals surface area (Å²) in [5, 5.41) is 6.99. The largest absolute Gasteiger partial charge is 0.471 e. The fourth-order valence-electron chi connectivity index (χ4n) is 2.96. The lowest BCUT2D eigenvalue weighted by molar-refractivity contribution is 0.0924. The van der Waals surface area contributed by atoms with Gasteiger partial charge in [-0.2, -0.15) is 0 Å². The summed E-state index contributed by atoms with van der Waals surface area (Å²) in [6.07, 6.45) is 5.37. The van der Waals surface area contributed by atoms with Crippen molar-refractivity contribution in [3.8, 4) is 17.1 Å². The average molecular weight is 395 g/mol. The van der Waals surface area contributed by atoms with Crippen LogP contribution in [0, 0.1) is 13.8 Å². The number of pyridine rings is 1. The predicted octanol–water partition coefficient (Wildman–Crippen LogP) is 2.24. The highest BCUT2D eigenvalue weighted by molar-refractivity contribution is 5.92. The first-order valence-electron chi connectivity index (χ1n) is 9.32. The fourth-order valence-corrected chi connectivity index (χ4v) is 2.96. The van der Waals surface area contributed by atoms with Gasteiger partial charge >= 0.3 is 0 Å². The summed E-state index contributed by atoms with van der Waals surface area (Å²) in [6.45, 7) is 5.14. The van der Waals surface area contributed by atoms with Gasteiger partial charge in [0.15, 0.2) is 0 Å². The normalized spacial score (nSPS) is 16.0. The number of rotatable bonds is 6. The van der Waals surface area contributed by atoms with E-state index >= 15 is 0 Å². The van der Waals surface area contributed by atoms with Crippen LogP contribution in [0.15, 0.2) is 35.2 Å². The van der Waals surface area contributed by atoms with Crippen LogP contribution in [0.25, 0.3) is 11.3 Å². The van der Waals surface area contributed by atoms with Crippen LogP contribution in [0.4, 0.5) is 0 Å². The number of nitrogens with zero attached hydrogens (tertiary/aromatic N) is 4. The summed E-state index contributed by atoms with van der Waals surface area (Å²) < 4.78 is 16.3. The Hall–Kier alpha value is -3.33. The van der Waals surface area contributed by atoms with E-state index in [1.54, 1.807) is 6.20 Å². The van der Waals surface area contributed by atoms with Crippen LogP contribution in [0.3, 0.4) is 0 Å². The molecule has 0 spiro atoms. The topological polar surface area (TPSA) is 112 Å². The summed E-state index contributed by atoms with van der Waals surface area (Å²) >= 11 is 0. The van der Waals surface area contributed by atoms with E-state index in [0.717, 1.165) is 23.2 Å². The molecule has 0 aromatic carbocycles. The third-order valence-electron chi connectivity index (χ3n) is 4.66. The van der Waals surface area contributed by atoms with Gasteiger partial charge in [-0.15, -0.1) is 0 Å². The first kappa shape index (κ1) is 19.0. The van der Waals surface area contributed by atoms with Gasteiger partial charge in [0.25, 0.3) is 5.91 Å². The van der Waals surface area contributed by atoms with Gasteiger partial charge in [-0.25, -0.2) is 9.97 Å². The van der Waals surface area contributed by atoms with Gasteiger partial charge in [0.1, 0.15) is 23.8 Å². The zero-order valence-electron chi connectivity index (χ0n) is 16.2. The molecule has 3 aromatic rings. The Bertz CT molecular complexity index is 979. The van der Waals surface area contributed by atoms with E-state index < -0.39 is 0 Å². The van der Waals surface area contributed by atoms with Crippen molar-refractivity contribution in [1.29, 1.82) is 0 Å². The molecule has 0 aliphatic carbocycles. The molecule has 1 aliphatic rings. The van der Waals surface area contributed by atoms with E-state index in [1.807, 2.05) is 26.0 Å². The van der Waals surface area contributed by atoms with Crippen LogP contribution in [-0.2, 0) is 11.3 Å². The predicted molar refractivity (Wildman–Crippen MR) is 102 cm³/mol. The molecule has 29 heavy (non-hydrogen) atoms. The number of carbonyl (C=O) groups is 1. The molecule has 4 heterocycles. The molecule has 0 unspecified atom stereocenters. The maximum atomic E-state index is 12.2. The van der Waals surface area contributed by atoms with Crippen LogP contribution in [0.1, 0.15) is 33.9 Å². The second kappa shape index (κ2) is 8.36. The molecule has 4 rings (SSSR count). The number of carbonyl (C=O) groups excluding carboxylic acids is 1. The lowest BCUT2D eigenvalue weighted by Gasteiger charge is -2.10. The van der Waals surface area contributed by atoms with Crippen molar-refractivity contribution in [1.82, 2.24) is 25.4 Å². The molecular formula is C20H21N5O4. The molecule has 1 amide bonds. The first-order valence-corrected chi connectivity index (χ1v) is 9.32. The van der Waals surface area contributed by atoms with Gasteiger partial charge in [0, 0.05) is 24.1 Å². The molecular weight excluding hydrogens is 374 g/mol. The minimum absolute atomic E-state index is 0.0199. The molecule has 150 valence electrons. The van der Waals surface area contributed by atoms with Crippen LogP contribution >= 0.6 is 0 Å². The standard InChI is InChI=1S/C20H21N5O4/c1-12-3-4-14(7-21-12)19-16(13(2)29-25-19)11-28-18-9-22-17(8-23-18)20(26)24-15-5-6-27-10-15/h3-4,7-9,15H,5-6,10-11H2,1-2H3,(H,24,26)/t15-/m0/s1. The van der Waals surface area contributed by atoms with Gasteiger partial charge in [-0.1, -0.05) is 5.16 Å². The van der Waals surface area contributed by atoms with Gasteiger partial charge in [0.05, 0.1) is 30.6 Å². The second-order valence-corrected chi connectivity index (χ2v) is 6.82. The van der Waals surface area contributed by atoms with E-state index in [2.05, 4.69) is 25.4 Å². The maximum absolute atomic E-state index is 12.2. The van der Waals surface area contributed by atoms with Crippen molar-refractivity contribution < 1.29 is 18.8 Å². The highest BCUT2D eigenvalue weighted by Gasteiger charge is 2.20. The van der Waals surface area contributed by atoms with Gasteiger partial charge in [-0.3, -0.25) is 9.78 Å². The number of aryl methyl sites for hydroxylation is 2. The molecule has 1 atom stereocenters. The van der Waals surface area contributed by atoms with E-state index in [4.69, 9.17) is 14.0 Å². The Morgan fingerprint density at radius 3 is 2.79 bits per heavy atom. The smallest absolute Gasteiger partial charge is 0.271 e. The van der Waals surface area contributed by atoms with E-state index in [-0.39, 0.29) is 24.2 Å². The van der Waals surface area contributed by atoms with Crippen molar-refractivity contribution in [3.63, 3.8) is 0 Å². The highest BCUT2D eigenvalue weighted by Crippen LogP contribution is 2.25. The number of aromatic nitrogens is 4. The molecule has 3 aromatic heterocycles. The molecule has 9 heteroatoms. The Balaban J connectivity index is 1.41. The summed E-state index contributed by atoms with van der Waals surface area (Å²) in [5.41, 5.74) is 3.49. The summed E-state index contributed by atoms with van der Waals surface area (Å²) in [4.78, 5) is 24.8. The summed E-state index contributed by atoms with van der Waals surface area (Å²) in [6, 6.07) is 3.87. The van der Waals surface area contributed by atoms with Crippen molar-refractivity contribution in [2.75, 3.05) is 13.2 Å². The third kappa shape index (κ3) is 4.40. The molecule has 1 saturated heterocycles. The Morgan fingerprint density at radius 2 is 2.10 bits per heavy atom. The SMILES string of the molecule is Cc1ccc(-c2noc(C)c2COc2cnc(C(=O)N[C@H]3CCOC3)cn2)cn1. The number of nitrogens with one attached hydrogen (secondary N) is 1. The van der Waals surface area contributed by atoms with Crippen molar-refractivity contribution in [2.45, 2.75) is 32.9 Å². The number of hydrogen-bond donors (Lipinski definition) is 1. The molecule has 0 saturated carbocycles. The molecule has 0 radical (unpaired) electrons. The molecule has 1 fully saturated rings.